The Bertz CT molecular complexity index is 354. The summed E-state index contributed by atoms with van der Waals surface area (Å²) >= 11 is 0. The van der Waals surface area contributed by atoms with Crippen LogP contribution in [0, 0.1) is 0 Å². The van der Waals surface area contributed by atoms with Gasteiger partial charge in [0, 0.05) is 12.6 Å². The molecule has 6 heteroatoms. The number of anilines is 1. The minimum atomic E-state index is -0.559. The maximum Gasteiger partial charge on any atom is 0.352 e. The summed E-state index contributed by atoms with van der Waals surface area (Å²) in [6, 6.07) is 6.22. The zero-order valence-corrected chi connectivity index (χ0v) is 8.42. The van der Waals surface area contributed by atoms with E-state index in [2.05, 4.69) is 0 Å². The molecule has 1 aromatic carbocycles. The van der Waals surface area contributed by atoms with E-state index in [0.717, 1.165) is 10.0 Å². The van der Waals surface area contributed by atoms with Gasteiger partial charge in [-0.3, -0.25) is 5.01 Å². The molecule has 0 aliphatic heterocycles. The van der Waals surface area contributed by atoms with Crippen LogP contribution in [0.3, 0.4) is 0 Å². The molecule has 82 valence electrons. The largest absolute Gasteiger partial charge is 0.392 e. The maximum atomic E-state index is 11.4. The predicted molar refractivity (Wildman–Crippen MR) is 56.4 cm³/mol. The minimum absolute atomic E-state index is 0.189. The van der Waals surface area contributed by atoms with Gasteiger partial charge in [0.15, 0.2) is 0 Å². The van der Waals surface area contributed by atoms with Crippen LogP contribution in [0.15, 0.2) is 24.3 Å². The number of benzene rings is 1. The quantitative estimate of drug-likeness (QED) is 0.357. The Morgan fingerprint density at radius 3 is 2.53 bits per heavy atom. The van der Waals surface area contributed by atoms with Crippen LogP contribution in [0.2, 0.25) is 0 Å². The number of para-hydroxylation sites is 1. The number of aliphatic hydroxyl groups is 1. The van der Waals surface area contributed by atoms with Crippen molar-refractivity contribution in [2.24, 2.45) is 11.7 Å². The summed E-state index contributed by atoms with van der Waals surface area (Å²) in [6.45, 7) is -0.189. The number of nitrogens with two attached hydrogens (primary N) is 2. The van der Waals surface area contributed by atoms with Gasteiger partial charge in [0.1, 0.15) is 0 Å². The molecule has 0 saturated heterocycles. The smallest absolute Gasteiger partial charge is 0.352 e. The summed E-state index contributed by atoms with van der Waals surface area (Å²) in [4.78, 5) is 11.4. The van der Waals surface area contributed by atoms with Crippen molar-refractivity contribution < 1.29 is 9.90 Å². The van der Waals surface area contributed by atoms with E-state index in [1.807, 2.05) is 0 Å². The van der Waals surface area contributed by atoms with Crippen LogP contribution in [0.25, 0.3) is 0 Å². The van der Waals surface area contributed by atoms with Crippen molar-refractivity contribution in [1.29, 1.82) is 0 Å². The summed E-state index contributed by atoms with van der Waals surface area (Å²) in [5, 5.41) is 10.8. The Balaban J connectivity index is 3.00. The van der Waals surface area contributed by atoms with Gasteiger partial charge >= 0.3 is 6.03 Å². The number of urea groups is 1. The molecule has 0 fully saturated rings. The summed E-state index contributed by atoms with van der Waals surface area (Å²) in [7, 11) is 1.39. The molecule has 6 nitrogen and oxygen atoms in total. The lowest BCUT2D eigenvalue weighted by molar-refractivity contribution is 0.216. The first-order chi connectivity index (χ1) is 7.07. The molecule has 1 aromatic rings. The molecule has 15 heavy (non-hydrogen) atoms. The van der Waals surface area contributed by atoms with Crippen LogP contribution in [0.5, 0.6) is 0 Å². The number of carbonyl (C=O) groups is 1. The molecule has 0 heterocycles. The normalized spacial score (nSPS) is 9.87. The lowest BCUT2D eigenvalue weighted by Crippen LogP contribution is -2.48. The Kier molecular flexibility index (Phi) is 3.62. The van der Waals surface area contributed by atoms with E-state index in [1.54, 1.807) is 24.3 Å². The van der Waals surface area contributed by atoms with Crippen molar-refractivity contribution >= 4 is 11.7 Å². The molecular formula is C9H14N4O2. The van der Waals surface area contributed by atoms with Crippen LogP contribution < -0.4 is 16.7 Å². The van der Waals surface area contributed by atoms with E-state index in [-0.39, 0.29) is 6.61 Å². The number of amides is 2. The summed E-state index contributed by atoms with van der Waals surface area (Å²) < 4.78 is 0. The van der Waals surface area contributed by atoms with Gasteiger partial charge in [0.05, 0.1) is 12.3 Å². The third-order valence-corrected chi connectivity index (χ3v) is 1.93. The van der Waals surface area contributed by atoms with E-state index in [4.69, 9.17) is 16.8 Å². The van der Waals surface area contributed by atoms with E-state index in [0.29, 0.717) is 11.3 Å². The van der Waals surface area contributed by atoms with Crippen LogP contribution in [0.1, 0.15) is 5.56 Å². The SMILES string of the molecule is CN(N)C(=O)N(N)c1ccccc1CO. The summed E-state index contributed by atoms with van der Waals surface area (Å²) in [6.07, 6.45) is 0. The zero-order valence-electron chi connectivity index (χ0n) is 8.42. The third kappa shape index (κ3) is 2.44. The molecule has 0 aliphatic carbocycles. The number of rotatable bonds is 2. The number of hydrazine groups is 2. The number of hydrogen-bond donors (Lipinski definition) is 3. The Labute approximate surface area is 87.6 Å². The Hall–Kier alpha value is -1.63. The van der Waals surface area contributed by atoms with Gasteiger partial charge in [0.2, 0.25) is 0 Å². The zero-order chi connectivity index (χ0) is 11.4. The van der Waals surface area contributed by atoms with Gasteiger partial charge < -0.3 is 5.11 Å². The number of carbonyl (C=O) groups excluding carboxylic acids is 1. The van der Waals surface area contributed by atoms with Gasteiger partial charge in [-0.2, -0.15) is 0 Å². The molecule has 0 aromatic heterocycles. The van der Waals surface area contributed by atoms with Crippen molar-refractivity contribution in [3.63, 3.8) is 0 Å². The van der Waals surface area contributed by atoms with Crippen molar-refractivity contribution in [1.82, 2.24) is 5.01 Å². The van der Waals surface area contributed by atoms with E-state index in [9.17, 15) is 4.79 Å². The highest BCUT2D eigenvalue weighted by atomic mass is 16.3. The van der Waals surface area contributed by atoms with Crippen molar-refractivity contribution in [2.45, 2.75) is 6.61 Å². The first-order valence-corrected chi connectivity index (χ1v) is 4.34. The highest BCUT2D eigenvalue weighted by Gasteiger charge is 2.16. The molecule has 0 bridgehead atoms. The lowest BCUT2D eigenvalue weighted by atomic mass is 10.2. The molecule has 5 N–H and O–H groups in total. The van der Waals surface area contributed by atoms with Gasteiger partial charge in [-0.15, -0.1) is 0 Å². The van der Waals surface area contributed by atoms with Gasteiger partial charge in [-0.1, -0.05) is 18.2 Å². The topological polar surface area (TPSA) is 95.8 Å². The minimum Gasteiger partial charge on any atom is -0.392 e. The highest BCUT2D eigenvalue weighted by molar-refractivity contribution is 5.91. The molecule has 0 spiro atoms. The summed E-state index contributed by atoms with van der Waals surface area (Å²) in [5.41, 5.74) is 0.998. The average molecular weight is 210 g/mol. The van der Waals surface area contributed by atoms with Crippen LogP contribution in [-0.4, -0.2) is 23.2 Å². The number of nitrogens with zero attached hydrogens (tertiary/aromatic N) is 2. The Morgan fingerprint density at radius 2 is 2.00 bits per heavy atom. The first-order valence-electron chi connectivity index (χ1n) is 4.34. The third-order valence-electron chi connectivity index (χ3n) is 1.93. The van der Waals surface area contributed by atoms with Gasteiger partial charge in [-0.25, -0.2) is 21.5 Å². The van der Waals surface area contributed by atoms with Crippen LogP contribution in [-0.2, 0) is 6.61 Å². The molecular weight excluding hydrogens is 196 g/mol. The lowest BCUT2D eigenvalue weighted by Gasteiger charge is -2.22. The number of hydrogen-bond acceptors (Lipinski definition) is 4. The molecule has 0 aliphatic rings. The maximum absolute atomic E-state index is 11.4. The second-order valence-electron chi connectivity index (χ2n) is 3.05. The van der Waals surface area contributed by atoms with Crippen LogP contribution >= 0.6 is 0 Å². The molecule has 0 unspecified atom stereocenters. The molecule has 0 radical (unpaired) electrons. The molecule has 0 atom stereocenters. The highest BCUT2D eigenvalue weighted by Crippen LogP contribution is 2.18. The standard InChI is InChI=1S/C9H14N4O2/c1-12(10)9(15)13(11)8-5-3-2-4-7(8)6-14/h2-5,14H,6,10-11H2,1H3. The van der Waals surface area contributed by atoms with Gasteiger partial charge in [-0.05, 0) is 6.07 Å². The van der Waals surface area contributed by atoms with E-state index >= 15 is 0 Å². The van der Waals surface area contributed by atoms with E-state index < -0.39 is 6.03 Å². The van der Waals surface area contributed by atoms with Crippen molar-refractivity contribution in [2.75, 3.05) is 12.1 Å². The average Bonchev–Trinajstić information content (AvgIpc) is 2.26. The second-order valence-corrected chi connectivity index (χ2v) is 3.05. The summed E-state index contributed by atoms with van der Waals surface area (Å²) in [5.74, 6) is 10.8. The fourth-order valence-electron chi connectivity index (χ4n) is 1.15. The predicted octanol–water partition coefficient (Wildman–Crippen LogP) is -0.215. The van der Waals surface area contributed by atoms with Gasteiger partial charge in [0.25, 0.3) is 0 Å². The number of aliphatic hydroxyl groups excluding tert-OH is 1. The molecule has 2 amide bonds. The van der Waals surface area contributed by atoms with E-state index in [1.165, 1.54) is 7.05 Å². The van der Waals surface area contributed by atoms with Crippen molar-refractivity contribution in [3.05, 3.63) is 29.8 Å². The fraction of sp³-hybridized carbons (Fsp3) is 0.222. The first kappa shape index (κ1) is 11.4. The molecule has 1 rings (SSSR count). The monoisotopic (exact) mass is 210 g/mol. The van der Waals surface area contributed by atoms with Crippen LogP contribution in [0.4, 0.5) is 10.5 Å². The molecule has 0 saturated carbocycles. The Morgan fingerprint density at radius 1 is 1.40 bits per heavy atom. The fourth-order valence-corrected chi connectivity index (χ4v) is 1.15. The second kappa shape index (κ2) is 4.74. The van der Waals surface area contributed by atoms with Crippen molar-refractivity contribution in [3.8, 4) is 0 Å².